The SMILES string of the molecule is C=C(CCC(=O)NC(C)CC(=O)O)Cc1ccc(C(=N)N)cc1. The van der Waals surface area contributed by atoms with E-state index in [2.05, 4.69) is 11.9 Å². The van der Waals surface area contributed by atoms with Gasteiger partial charge >= 0.3 is 5.97 Å². The predicted molar refractivity (Wildman–Crippen MR) is 89.4 cm³/mol. The molecule has 1 aromatic carbocycles. The van der Waals surface area contributed by atoms with E-state index in [-0.39, 0.29) is 30.6 Å². The number of nitrogen functional groups attached to an aromatic ring is 1. The molecule has 0 radical (unpaired) electrons. The minimum atomic E-state index is -0.934. The molecule has 0 saturated heterocycles. The van der Waals surface area contributed by atoms with Crippen molar-refractivity contribution in [3.63, 3.8) is 0 Å². The highest BCUT2D eigenvalue weighted by Gasteiger charge is 2.11. The van der Waals surface area contributed by atoms with E-state index in [1.54, 1.807) is 19.1 Å². The predicted octanol–water partition coefficient (Wildman–Crippen LogP) is 1.83. The lowest BCUT2D eigenvalue weighted by Crippen LogP contribution is -2.34. The Morgan fingerprint density at radius 2 is 1.91 bits per heavy atom. The molecule has 0 aliphatic rings. The fraction of sp³-hybridized carbons (Fsp3) is 0.353. The highest BCUT2D eigenvalue weighted by atomic mass is 16.4. The monoisotopic (exact) mass is 317 g/mol. The number of carbonyl (C=O) groups excluding carboxylic acids is 1. The molecule has 0 spiro atoms. The van der Waals surface area contributed by atoms with Gasteiger partial charge < -0.3 is 16.2 Å². The van der Waals surface area contributed by atoms with Crippen LogP contribution in [0.3, 0.4) is 0 Å². The van der Waals surface area contributed by atoms with Crippen molar-refractivity contribution in [1.82, 2.24) is 5.32 Å². The summed E-state index contributed by atoms with van der Waals surface area (Å²) in [6, 6.07) is 6.96. The van der Waals surface area contributed by atoms with Crippen LogP contribution < -0.4 is 11.1 Å². The van der Waals surface area contributed by atoms with Gasteiger partial charge in [0.1, 0.15) is 5.84 Å². The molecule has 23 heavy (non-hydrogen) atoms. The van der Waals surface area contributed by atoms with Gasteiger partial charge in [-0.2, -0.15) is 0 Å². The first-order valence-corrected chi connectivity index (χ1v) is 7.39. The van der Waals surface area contributed by atoms with Gasteiger partial charge in [0, 0.05) is 18.0 Å². The van der Waals surface area contributed by atoms with Gasteiger partial charge in [0.2, 0.25) is 5.91 Å². The smallest absolute Gasteiger partial charge is 0.305 e. The summed E-state index contributed by atoms with van der Waals surface area (Å²) < 4.78 is 0. The summed E-state index contributed by atoms with van der Waals surface area (Å²) in [5, 5.41) is 18.6. The molecule has 1 amide bonds. The van der Waals surface area contributed by atoms with E-state index in [1.165, 1.54) is 0 Å². The van der Waals surface area contributed by atoms with E-state index in [9.17, 15) is 9.59 Å². The van der Waals surface area contributed by atoms with Crippen molar-refractivity contribution in [3.8, 4) is 0 Å². The number of amides is 1. The quantitative estimate of drug-likeness (QED) is 0.316. The Balaban J connectivity index is 2.37. The van der Waals surface area contributed by atoms with E-state index < -0.39 is 5.97 Å². The summed E-state index contributed by atoms with van der Waals surface area (Å²) in [5.41, 5.74) is 8.03. The van der Waals surface area contributed by atoms with Gasteiger partial charge in [-0.3, -0.25) is 15.0 Å². The molecule has 0 aromatic heterocycles. The largest absolute Gasteiger partial charge is 0.481 e. The van der Waals surface area contributed by atoms with E-state index in [1.807, 2.05) is 12.1 Å². The molecule has 1 atom stereocenters. The normalized spacial score (nSPS) is 11.5. The summed E-state index contributed by atoms with van der Waals surface area (Å²) in [7, 11) is 0. The molecule has 0 aliphatic carbocycles. The summed E-state index contributed by atoms with van der Waals surface area (Å²) in [6.45, 7) is 5.63. The second-order valence-electron chi connectivity index (χ2n) is 5.60. The van der Waals surface area contributed by atoms with Crippen LogP contribution in [0.25, 0.3) is 0 Å². The topological polar surface area (TPSA) is 116 Å². The Bertz CT molecular complexity index is 594. The Kier molecular flexibility index (Phi) is 6.99. The van der Waals surface area contributed by atoms with Crippen molar-refractivity contribution in [3.05, 3.63) is 47.5 Å². The number of aliphatic carboxylic acids is 1. The number of nitrogens with one attached hydrogen (secondary N) is 2. The molecular weight excluding hydrogens is 294 g/mol. The third-order valence-corrected chi connectivity index (χ3v) is 3.31. The Hall–Kier alpha value is -2.63. The van der Waals surface area contributed by atoms with Crippen LogP contribution in [0.5, 0.6) is 0 Å². The zero-order chi connectivity index (χ0) is 17.4. The summed E-state index contributed by atoms with van der Waals surface area (Å²) >= 11 is 0. The fourth-order valence-corrected chi connectivity index (χ4v) is 2.13. The standard InChI is InChI=1S/C17H23N3O3/c1-11(3-8-15(21)20-12(2)10-16(22)23)9-13-4-6-14(7-5-13)17(18)19/h4-7,12H,1,3,8-10H2,2H3,(H3,18,19)(H,20,21)(H,22,23). The van der Waals surface area contributed by atoms with Crippen molar-refractivity contribution in [2.24, 2.45) is 5.73 Å². The Morgan fingerprint density at radius 3 is 2.43 bits per heavy atom. The second kappa shape index (κ2) is 8.73. The van der Waals surface area contributed by atoms with Crippen molar-refractivity contribution < 1.29 is 14.7 Å². The zero-order valence-electron chi connectivity index (χ0n) is 13.3. The Morgan fingerprint density at radius 1 is 1.30 bits per heavy atom. The van der Waals surface area contributed by atoms with Crippen LogP contribution in [0.1, 0.15) is 37.3 Å². The highest BCUT2D eigenvalue weighted by Crippen LogP contribution is 2.12. The van der Waals surface area contributed by atoms with Crippen LogP contribution in [0.15, 0.2) is 36.4 Å². The van der Waals surface area contributed by atoms with Gasteiger partial charge in [0.05, 0.1) is 6.42 Å². The van der Waals surface area contributed by atoms with Crippen molar-refractivity contribution in [2.75, 3.05) is 0 Å². The lowest BCUT2D eigenvalue weighted by Gasteiger charge is -2.12. The third kappa shape index (κ3) is 7.26. The number of hydrogen-bond donors (Lipinski definition) is 4. The minimum absolute atomic E-state index is 0.0301. The number of benzene rings is 1. The second-order valence-corrected chi connectivity index (χ2v) is 5.60. The maximum Gasteiger partial charge on any atom is 0.305 e. The molecular formula is C17H23N3O3. The van der Waals surface area contributed by atoms with E-state index in [0.717, 1.165) is 11.1 Å². The molecule has 124 valence electrons. The van der Waals surface area contributed by atoms with Crippen LogP contribution in [-0.2, 0) is 16.0 Å². The number of carbonyl (C=O) groups is 2. The van der Waals surface area contributed by atoms with Crippen LogP contribution in [0.4, 0.5) is 0 Å². The van der Waals surface area contributed by atoms with E-state index in [4.69, 9.17) is 16.2 Å². The number of carboxylic acid groups (broad SMARTS) is 1. The molecule has 0 heterocycles. The number of carboxylic acids is 1. The van der Waals surface area contributed by atoms with E-state index >= 15 is 0 Å². The Labute approximate surface area is 135 Å². The molecule has 0 saturated carbocycles. The fourth-order valence-electron chi connectivity index (χ4n) is 2.13. The van der Waals surface area contributed by atoms with Crippen molar-refractivity contribution in [1.29, 1.82) is 5.41 Å². The average Bonchev–Trinajstić information content (AvgIpc) is 2.44. The zero-order valence-corrected chi connectivity index (χ0v) is 13.3. The number of nitrogens with two attached hydrogens (primary N) is 1. The first-order valence-electron chi connectivity index (χ1n) is 7.39. The van der Waals surface area contributed by atoms with Crippen molar-refractivity contribution >= 4 is 17.7 Å². The summed E-state index contributed by atoms with van der Waals surface area (Å²) in [6.07, 6.45) is 1.39. The van der Waals surface area contributed by atoms with Gasteiger partial charge in [-0.05, 0) is 25.3 Å². The maximum absolute atomic E-state index is 11.7. The van der Waals surface area contributed by atoms with Gasteiger partial charge in [0.25, 0.3) is 0 Å². The number of allylic oxidation sites excluding steroid dienone is 1. The molecule has 0 aliphatic heterocycles. The summed E-state index contributed by atoms with van der Waals surface area (Å²) in [4.78, 5) is 22.3. The minimum Gasteiger partial charge on any atom is -0.481 e. The van der Waals surface area contributed by atoms with Crippen LogP contribution >= 0.6 is 0 Å². The summed E-state index contributed by atoms with van der Waals surface area (Å²) in [5.74, 6) is -1.08. The first kappa shape index (κ1) is 18.4. The first-order chi connectivity index (χ1) is 10.8. The molecule has 5 N–H and O–H groups in total. The maximum atomic E-state index is 11.7. The van der Waals surface area contributed by atoms with Gasteiger partial charge in [-0.1, -0.05) is 36.4 Å². The molecule has 0 fully saturated rings. The van der Waals surface area contributed by atoms with Gasteiger partial charge in [-0.15, -0.1) is 0 Å². The molecule has 6 nitrogen and oxygen atoms in total. The number of hydrogen-bond acceptors (Lipinski definition) is 3. The van der Waals surface area contributed by atoms with Crippen molar-refractivity contribution in [2.45, 2.75) is 38.6 Å². The highest BCUT2D eigenvalue weighted by molar-refractivity contribution is 5.94. The molecule has 1 aromatic rings. The lowest BCUT2D eigenvalue weighted by molar-refractivity contribution is -0.137. The lowest BCUT2D eigenvalue weighted by atomic mass is 10.0. The number of amidine groups is 1. The molecule has 6 heteroatoms. The third-order valence-electron chi connectivity index (χ3n) is 3.31. The van der Waals surface area contributed by atoms with Crippen LogP contribution in [-0.4, -0.2) is 28.9 Å². The average molecular weight is 317 g/mol. The molecule has 0 bridgehead atoms. The van der Waals surface area contributed by atoms with Gasteiger partial charge in [0.15, 0.2) is 0 Å². The van der Waals surface area contributed by atoms with E-state index in [0.29, 0.717) is 18.4 Å². The van der Waals surface area contributed by atoms with Crippen LogP contribution in [0, 0.1) is 5.41 Å². The number of rotatable bonds is 9. The van der Waals surface area contributed by atoms with Gasteiger partial charge in [-0.25, -0.2) is 0 Å². The molecule has 1 unspecified atom stereocenters. The molecule has 1 rings (SSSR count). The van der Waals surface area contributed by atoms with Crippen LogP contribution in [0.2, 0.25) is 0 Å².